The van der Waals surface area contributed by atoms with E-state index in [1.54, 1.807) is 6.08 Å². The van der Waals surface area contributed by atoms with Gasteiger partial charge >= 0.3 is 0 Å². The molecule has 1 fully saturated rings. The van der Waals surface area contributed by atoms with Crippen molar-refractivity contribution in [3.05, 3.63) is 113 Å². The van der Waals surface area contributed by atoms with Gasteiger partial charge in [0.2, 0.25) is 5.91 Å². The summed E-state index contributed by atoms with van der Waals surface area (Å²) >= 11 is 0. The van der Waals surface area contributed by atoms with Crippen LogP contribution in [-0.2, 0) is 4.79 Å². The third-order valence-corrected chi connectivity index (χ3v) is 7.96. The normalized spacial score (nSPS) is 20.3. The number of nitrogens with one attached hydrogen (secondary N) is 1. The standard InChI is InChI=1S/C35H43N3O/c1-26(12-11-13-27(2)24-34(39)37-29-14-7-6-8-15-29)16-18-32-28(3)31(20-21-35(32,4)5)33-19-17-30(25-36-33)38-22-9-10-23-38/h6-8,11-19,24-25,31H,9-10,20-23H2,1-5H3,(H,37,39)/b13-11+,18-16+,26-12+,27-24-. The molecule has 1 aliphatic heterocycles. The maximum absolute atomic E-state index is 12.2. The van der Waals surface area contributed by atoms with Crippen LogP contribution in [0.1, 0.15) is 71.9 Å². The smallest absolute Gasteiger partial charge is 0.248 e. The van der Waals surface area contributed by atoms with E-state index in [2.05, 4.69) is 74.5 Å². The van der Waals surface area contributed by atoms with E-state index in [0.717, 1.165) is 37.2 Å². The number of pyridine rings is 1. The summed E-state index contributed by atoms with van der Waals surface area (Å²) in [6, 6.07) is 14.0. The number of hydrogen-bond donors (Lipinski definition) is 1. The number of para-hydroxylation sites is 1. The van der Waals surface area contributed by atoms with Gasteiger partial charge in [0.15, 0.2) is 0 Å². The van der Waals surface area contributed by atoms with Crippen LogP contribution in [0.4, 0.5) is 11.4 Å². The van der Waals surface area contributed by atoms with Crippen LogP contribution in [0.2, 0.25) is 0 Å². The molecule has 4 heteroatoms. The molecule has 1 aromatic carbocycles. The number of benzene rings is 1. The molecule has 0 bridgehead atoms. The number of allylic oxidation sites excluding steroid dienone is 9. The third-order valence-electron chi connectivity index (χ3n) is 7.96. The Balaban J connectivity index is 1.42. The summed E-state index contributed by atoms with van der Waals surface area (Å²) in [5.41, 5.74) is 8.27. The van der Waals surface area contributed by atoms with Crippen molar-refractivity contribution in [3.63, 3.8) is 0 Å². The van der Waals surface area contributed by atoms with Crippen LogP contribution in [0.3, 0.4) is 0 Å². The van der Waals surface area contributed by atoms with Crippen molar-refractivity contribution in [1.29, 1.82) is 0 Å². The molecule has 1 aliphatic carbocycles. The molecule has 1 unspecified atom stereocenters. The average Bonchev–Trinajstić information content (AvgIpc) is 3.44. The minimum Gasteiger partial charge on any atom is -0.370 e. The molecule has 0 radical (unpaired) electrons. The van der Waals surface area contributed by atoms with Crippen molar-refractivity contribution in [3.8, 4) is 0 Å². The van der Waals surface area contributed by atoms with Crippen LogP contribution in [0.25, 0.3) is 0 Å². The first-order chi connectivity index (χ1) is 18.7. The molecule has 1 aromatic heterocycles. The van der Waals surface area contributed by atoms with Crippen LogP contribution in [-0.4, -0.2) is 24.0 Å². The van der Waals surface area contributed by atoms with Crippen molar-refractivity contribution in [1.82, 2.24) is 4.98 Å². The summed E-state index contributed by atoms with van der Waals surface area (Å²) in [4.78, 5) is 19.6. The van der Waals surface area contributed by atoms with Crippen molar-refractivity contribution < 1.29 is 4.79 Å². The van der Waals surface area contributed by atoms with Gasteiger partial charge in [-0.15, -0.1) is 0 Å². The second kappa shape index (κ2) is 12.9. The monoisotopic (exact) mass is 521 g/mol. The van der Waals surface area contributed by atoms with Gasteiger partial charge in [0, 0.05) is 36.5 Å². The highest BCUT2D eigenvalue weighted by molar-refractivity contribution is 5.99. The molecule has 0 saturated carbocycles. The van der Waals surface area contributed by atoms with E-state index in [4.69, 9.17) is 4.98 Å². The van der Waals surface area contributed by atoms with Gasteiger partial charge in [0.25, 0.3) is 0 Å². The van der Waals surface area contributed by atoms with Crippen LogP contribution in [0.15, 0.2) is 107 Å². The van der Waals surface area contributed by atoms with Crippen molar-refractivity contribution in [2.24, 2.45) is 5.41 Å². The quantitative estimate of drug-likeness (QED) is 0.280. The Kier molecular flexibility index (Phi) is 9.40. The van der Waals surface area contributed by atoms with Crippen LogP contribution < -0.4 is 10.2 Å². The topological polar surface area (TPSA) is 45.2 Å². The minimum atomic E-state index is -0.124. The van der Waals surface area contributed by atoms with Crippen molar-refractivity contribution in [2.45, 2.75) is 66.2 Å². The number of hydrogen-bond acceptors (Lipinski definition) is 3. The zero-order chi connectivity index (χ0) is 27.8. The highest BCUT2D eigenvalue weighted by atomic mass is 16.1. The second-order valence-corrected chi connectivity index (χ2v) is 11.6. The predicted octanol–water partition coefficient (Wildman–Crippen LogP) is 8.55. The maximum atomic E-state index is 12.2. The minimum absolute atomic E-state index is 0.124. The zero-order valence-corrected chi connectivity index (χ0v) is 24.2. The molecule has 2 heterocycles. The molecule has 4 nitrogen and oxygen atoms in total. The summed E-state index contributed by atoms with van der Waals surface area (Å²) in [5, 5.41) is 2.88. The first-order valence-electron chi connectivity index (χ1n) is 14.2. The summed E-state index contributed by atoms with van der Waals surface area (Å²) in [5.74, 6) is 0.241. The fourth-order valence-electron chi connectivity index (χ4n) is 5.65. The number of anilines is 2. The van der Waals surface area contributed by atoms with Crippen LogP contribution in [0.5, 0.6) is 0 Å². The molecule has 2 aliphatic rings. The SMILES string of the molecule is CC1=C(/C=C/C(C)=C/C=C/C(C)=C\C(=O)Nc2ccccc2)C(C)(C)CCC1c1ccc(N2CCCC2)cn1. The number of amides is 1. The maximum Gasteiger partial charge on any atom is 0.248 e. The van der Waals surface area contributed by atoms with Gasteiger partial charge in [-0.3, -0.25) is 9.78 Å². The summed E-state index contributed by atoms with van der Waals surface area (Å²) < 4.78 is 0. The number of nitrogens with zero attached hydrogens (tertiary/aromatic N) is 2. The molecule has 39 heavy (non-hydrogen) atoms. The first-order valence-corrected chi connectivity index (χ1v) is 14.2. The zero-order valence-electron chi connectivity index (χ0n) is 24.2. The number of aromatic nitrogens is 1. The molecule has 1 amide bonds. The van der Waals surface area contributed by atoms with Gasteiger partial charge in [-0.2, -0.15) is 0 Å². The largest absolute Gasteiger partial charge is 0.370 e. The molecule has 1 saturated heterocycles. The molecule has 204 valence electrons. The highest BCUT2D eigenvalue weighted by Gasteiger charge is 2.33. The molecule has 2 aromatic rings. The lowest BCUT2D eigenvalue weighted by molar-refractivity contribution is -0.111. The van der Waals surface area contributed by atoms with Gasteiger partial charge < -0.3 is 10.2 Å². The lowest BCUT2D eigenvalue weighted by Crippen LogP contribution is -2.24. The first kappa shape index (κ1) is 28.4. The van der Waals surface area contributed by atoms with Gasteiger partial charge in [-0.1, -0.05) is 73.6 Å². The van der Waals surface area contributed by atoms with Crippen LogP contribution >= 0.6 is 0 Å². The lowest BCUT2D eigenvalue weighted by atomic mass is 9.68. The van der Waals surface area contributed by atoms with Gasteiger partial charge in [0.05, 0.1) is 11.9 Å². The van der Waals surface area contributed by atoms with E-state index in [1.165, 1.54) is 40.9 Å². The summed E-state index contributed by atoms with van der Waals surface area (Å²) in [6.07, 6.45) is 19.1. The van der Waals surface area contributed by atoms with Crippen molar-refractivity contribution in [2.75, 3.05) is 23.3 Å². The van der Waals surface area contributed by atoms with Crippen molar-refractivity contribution >= 4 is 17.3 Å². The molecule has 1 N–H and O–H groups in total. The fourth-order valence-corrected chi connectivity index (χ4v) is 5.65. The Bertz CT molecular complexity index is 1290. The van der Waals surface area contributed by atoms with E-state index in [1.807, 2.05) is 49.4 Å². The summed E-state index contributed by atoms with van der Waals surface area (Å²) in [6.45, 7) is 13.3. The molecule has 4 rings (SSSR count). The fraction of sp³-hybridized carbons (Fsp3) is 0.371. The lowest BCUT2D eigenvalue weighted by Gasteiger charge is -2.37. The molecular formula is C35H43N3O. The number of rotatable bonds is 8. The third kappa shape index (κ3) is 7.69. The molecule has 1 atom stereocenters. The van der Waals surface area contributed by atoms with E-state index in [9.17, 15) is 4.79 Å². The molecule has 0 spiro atoms. The Hall–Kier alpha value is -3.66. The van der Waals surface area contributed by atoms with E-state index in [0.29, 0.717) is 5.92 Å². The Morgan fingerprint density at radius 1 is 1.03 bits per heavy atom. The molecular weight excluding hydrogens is 478 g/mol. The Morgan fingerprint density at radius 2 is 1.77 bits per heavy atom. The average molecular weight is 522 g/mol. The second-order valence-electron chi connectivity index (χ2n) is 11.6. The van der Waals surface area contributed by atoms with Gasteiger partial charge in [-0.25, -0.2) is 0 Å². The number of carbonyl (C=O) groups excluding carboxylic acids is 1. The van der Waals surface area contributed by atoms with Gasteiger partial charge in [0.1, 0.15) is 0 Å². The van der Waals surface area contributed by atoms with E-state index < -0.39 is 0 Å². The number of carbonyl (C=O) groups is 1. The van der Waals surface area contributed by atoms with Gasteiger partial charge in [-0.05, 0) is 87.3 Å². The van der Waals surface area contributed by atoms with E-state index in [-0.39, 0.29) is 11.3 Å². The Labute approximate surface area is 234 Å². The van der Waals surface area contributed by atoms with Crippen LogP contribution in [0, 0.1) is 5.41 Å². The summed E-state index contributed by atoms with van der Waals surface area (Å²) in [7, 11) is 0. The predicted molar refractivity (Wildman–Crippen MR) is 165 cm³/mol. The Morgan fingerprint density at radius 3 is 2.46 bits per heavy atom. The highest BCUT2D eigenvalue weighted by Crippen LogP contribution is 2.47. The van der Waals surface area contributed by atoms with E-state index >= 15 is 0 Å².